The first-order valence-electron chi connectivity index (χ1n) is 8.66. The highest BCUT2D eigenvalue weighted by Gasteiger charge is 1.97. The molecule has 0 radical (unpaired) electrons. The topological polar surface area (TPSA) is 82.1 Å². The van der Waals surface area contributed by atoms with Crippen LogP contribution in [0.5, 0.6) is 11.5 Å². The van der Waals surface area contributed by atoms with Crippen LogP contribution < -0.4 is 4.74 Å². The van der Waals surface area contributed by atoms with E-state index in [0.717, 1.165) is 8.95 Å². The van der Waals surface area contributed by atoms with E-state index in [-0.39, 0.29) is 5.75 Å². The molecule has 2 aromatic carbocycles. The molecule has 0 bridgehead atoms. The number of phenolic OH excluding ortho intramolecular Hbond substituents is 1. The summed E-state index contributed by atoms with van der Waals surface area (Å²) in [5, 5.41) is 8.87. The number of rotatable bonds is 5. The van der Waals surface area contributed by atoms with Crippen molar-refractivity contribution in [2.45, 2.75) is 13.8 Å². The van der Waals surface area contributed by atoms with Crippen molar-refractivity contribution in [2.24, 2.45) is 0 Å². The van der Waals surface area contributed by atoms with Crippen LogP contribution >= 0.6 is 31.9 Å². The Morgan fingerprint density at radius 3 is 2.00 bits per heavy atom. The zero-order valence-corrected chi connectivity index (χ0v) is 19.7. The smallest absolute Gasteiger partial charge is 0.384 e. The first-order valence-corrected chi connectivity index (χ1v) is 10.3. The molecule has 0 amide bonds. The van der Waals surface area contributed by atoms with E-state index in [2.05, 4.69) is 43.0 Å². The van der Waals surface area contributed by atoms with Gasteiger partial charge in [-0.15, -0.1) is 6.42 Å². The number of phenols is 1. The second kappa shape index (κ2) is 17.1. The van der Waals surface area contributed by atoms with Crippen LogP contribution in [-0.4, -0.2) is 30.3 Å². The summed E-state index contributed by atoms with van der Waals surface area (Å²) in [4.78, 5) is 20.9. The molecule has 8 heteroatoms. The van der Waals surface area contributed by atoms with Gasteiger partial charge in [-0.1, -0.05) is 24.3 Å². The molecule has 0 spiro atoms. The number of esters is 2. The summed E-state index contributed by atoms with van der Waals surface area (Å²) in [6, 6.07) is 14.4. The fourth-order valence-corrected chi connectivity index (χ4v) is 2.18. The summed E-state index contributed by atoms with van der Waals surface area (Å²) in [6.45, 7) is 4.16. The summed E-state index contributed by atoms with van der Waals surface area (Å²) in [5.41, 5.74) is 0. The minimum absolute atomic E-state index is 0.285. The number of aromatic hydroxyl groups is 1. The number of hydrogen-bond donors (Lipinski definition) is 1. The fraction of sp³-hybridized carbons (Fsp3) is 0.182. The Morgan fingerprint density at radius 1 is 1.00 bits per heavy atom. The van der Waals surface area contributed by atoms with Gasteiger partial charge in [-0.3, -0.25) is 0 Å². The molecular weight excluding hydrogens is 520 g/mol. The Balaban J connectivity index is 0.000000471. The Labute approximate surface area is 193 Å². The number of terminal acetylenes is 1. The maximum absolute atomic E-state index is 10.9. The molecule has 0 saturated heterocycles. The summed E-state index contributed by atoms with van der Waals surface area (Å²) in [5.74, 6) is 1.73. The van der Waals surface area contributed by atoms with E-state index in [1.54, 1.807) is 44.0 Å². The van der Waals surface area contributed by atoms with Crippen LogP contribution in [0.1, 0.15) is 13.8 Å². The van der Waals surface area contributed by atoms with Crippen LogP contribution in [-0.2, 0) is 19.1 Å². The Morgan fingerprint density at radius 2 is 1.57 bits per heavy atom. The predicted molar refractivity (Wildman–Crippen MR) is 122 cm³/mol. The molecule has 0 aromatic heterocycles. The first kappa shape index (κ1) is 27.2. The molecule has 0 unspecified atom stereocenters. The lowest BCUT2D eigenvalue weighted by Gasteiger charge is -2.01. The van der Waals surface area contributed by atoms with E-state index < -0.39 is 11.9 Å². The largest absolute Gasteiger partial charge is 0.507 e. The van der Waals surface area contributed by atoms with Crippen molar-refractivity contribution in [1.29, 1.82) is 0 Å². The second-order valence-electron chi connectivity index (χ2n) is 4.92. The minimum Gasteiger partial charge on any atom is -0.507 e. The highest BCUT2D eigenvalue weighted by molar-refractivity contribution is 9.10. The van der Waals surface area contributed by atoms with E-state index >= 15 is 0 Å². The van der Waals surface area contributed by atoms with Crippen molar-refractivity contribution in [1.82, 2.24) is 0 Å². The van der Waals surface area contributed by atoms with Crippen molar-refractivity contribution in [3.63, 3.8) is 0 Å². The molecule has 2 rings (SSSR count). The number of para-hydroxylation sites is 2. The van der Waals surface area contributed by atoms with Gasteiger partial charge in [-0.25, -0.2) is 9.59 Å². The van der Waals surface area contributed by atoms with Gasteiger partial charge >= 0.3 is 11.9 Å². The molecule has 0 heterocycles. The Bertz CT molecular complexity index is 838. The third kappa shape index (κ3) is 13.4. The van der Waals surface area contributed by atoms with Crippen LogP contribution in [0, 0.1) is 12.3 Å². The Hall–Kier alpha value is -2.76. The van der Waals surface area contributed by atoms with Crippen molar-refractivity contribution in [3.8, 4) is 23.8 Å². The molecule has 6 nitrogen and oxygen atoms in total. The van der Waals surface area contributed by atoms with Crippen LogP contribution in [0.3, 0.4) is 0 Å². The van der Waals surface area contributed by atoms with Crippen LogP contribution in [0.4, 0.5) is 0 Å². The third-order valence-electron chi connectivity index (χ3n) is 2.77. The first-order chi connectivity index (χ1) is 14.3. The van der Waals surface area contributed by atoms with Gasteiger partial charge in [0.2, 0.25) is 0 Å². The standard InChI is InChI=1S/C11H11BrO3.C6H5BrO.C5H6O2/c1-2-14-11(13)7-8-15-10-6-4-3-5-9(10)12;7-5-3-1-2-4-6(5)8;1-3-5(6)7-4-2/h3-8H,2H2,1H3;1-4,8H;1H,4H2,2H3/b8-7+;;. The normalized spacial score (nSPS) is 9.17. The molecule has 0 saturated carbocycles. The molecule has 0 aliphatic heterocycles. The molecule has 0 atom stereocenters. The van der Waals surface area contributed by atoms with Crippen LogP contribution in [0.2, 0.25) is 0 Å². The lowest BCUT2D eigenvalue weighted by molar-refractivity contribution is -0.137. The van der Waals surface area contributed by atoms with E-state index in [1.807, 2.05) is 24.3 Å². The zero-order valence-electron chi connectivity index (χ0n) is 16.5. The number of carbonyl (C=O) groups excluding carboxylic acids is 2. The van der Waals surface area contributed by atoms with Gasteiger partial charge in [-0.2, -0.15) is 0 Å². The van der Waals surface area contributed by atoms with Crippen molar-refractivity contribution >= 4 is 43.8 Å². The Kier molecular flexibility index (Phi) is 15.6. The van der Waals surface area contributed by atoms with Crippen molar-refractivity contribution in [2.75, 3.05) is 13.2 Å². The highest BCUT2D eigenvalue weighted by Crippen LogP contribution is 2.23. The van der Waals surface area contributed by atoms with Gasteiger partial charge in [0, 0.05) is 5.92 Å². The number of hydrogen-bond acceptors (Lipinski definition) is 6. The zero-order chi connectivity index (χ0) is 22.8. The molecule has 1 N–H and O–H groups in total. The number of ether oxygens (including phenoxy) is 3. The average Bonchev–Trinajstić information content (AvgIpc) is 2.73. The van der Waals surface area contributed by atoms with E-state index in [1.165, 1.54) is 12.3 Å². The average molecular weight is 542 g/mol. The maximum Gasteiger partial charge on any atom is 0.384 e. The van der Waals surface area contributed by atoms with E-state index in [9.17, 15) is 9.59 Å². The van der Waals surface area contributed by atoms with Gasteiger partial charge in [0.25, 0.3) is 0 Å². The molecule has 160 valence electrons. The number of halogens is 2. The molecule has 0 aliphatic rings. The molecular formula is C22H22Br2O6. The quantitative estimate of drug-likeness (QED) is 0.183. The van der Waals surface area contributed by atoms with Gasteiger partial charge in [0.05, 0.1) is 34.5 Å². The van der Waals surface area contributed by atoms with E-state index in [4.69, 9.17) is 14.6 Å². The van der Waals surface area contributed by atoms with Gasteiger partial charge in [0.15, 0.2) is 0 Å². The lowest BCUT2D eigenvalue weighted by atomic mass is 10.3. The van der Waals surface area contributed by atoms with Gasteiger partial charge in [0.1, 0.15) is 11.5 Å². The van der Waals surface area contributed by atoms with Crippen molar-refractivity contribution in [3.05, 3.63) is 69.8 Å². The minimum atomic E-state index is -0.595. The van der Waals surface area contributed by atoms with Gasteiger partial charge < -0.3 is 19.3 Å². The summed E-state index contributed by atoms with van der Waals surface area (Å²) < 4.78 is 15.8. The fourth-order valence-electron chi connectivity index (χ4n) is 1.52. The number of carbonyl (C=O) groups is 2. The summed E-state index contributed by atoms with van der Waals surface area (Å²) >= 11 is 6.46. The monoisotopic (exact) mass is 540 g/mol. The molecule has 30 heavy (non-hydrogen) atoms. The van der Waals surface area contributed by atoms with Crippen LogP contribution in [0.15, 0.2) is 69.8 Å². The lowest BCUT2D eigenvalue weighted by Crippen LogP contribution is -1.99. The predicted octanol–water partition coefficient (Wildman–Crippen LogP) is 5.24. The van der Waals surface area contributed by atoms with Crippen molar-refractivity contribution < 1.29 is 28.9 Å². The SMILES string of the molecule is C#CC(=O)OCC.CCOC(=O)/C=C/Oc1ccccc1Br.Oc1ccccc1Br. The van der Waals surface area contributed by atoms with E-state index in [0.29, 0.717) is 19.0 Å². The number of benzene rings is 2. The van der Waals surface area contributed by atoms with Crippen LogP contribution in [0.25, 0.3) is 0 Å². The maximum atomic E-state index is 10.9. The third-order valence-corrected chi connectivity index (χ3v) is 4.09. The second-order valence-corrected chi connectivity index (χ2v) is 6.63. The highest BCUT2D eigenvalue weighted by atomic mass is 79.9. The molecule has 2 aromatic rings. The molecule has 0 aliphatic carbocycles. The summed E-state index contributed by atoms with van der Waals surface area (Å²) in [7, 11) is 0. The van der Waals surface area contributed by atoms with Gasteiger partial charge in [-0.05, 0) is 70.0 Å². The molecule has 0 fully saturated rings. The summed E-state index contributed by atoms with van der Waals surface area (Å²) in [6.07, 6.45) is 7.18.